The number of hydrogen-bond donors (Lipinski definition) is 1. The smallest absolute Gasteiger partial charge is 0.266 e. The summed E-state index contributed by atoms with van der Waals surface area (Å²) in [7, 11) is 0. The number of halogens is 1. The van der Waals surface area contributed by atoms with E-state index in [0.717, 1.165) is 10.0 Å². The molecular weight excluding hydrogens is 456 g/mol. The zero-order valence-corrected chi connectivity index (χ0v) is 18.0. The minimum atomic E-state index is -0.167. The Morgan fingerprint density at radius 3 is 2.71 bits per heavy atom. The molecule has 2 amide bonds. The van der Waals surface area contributed by atoms with Gasteiger partial charge in [-0.15, -0.1) is 0 Å². The number of hydrogen-bond acceptors (Lipinski definition) is 4. The maximum Gasteiger partial charge on any atom is 0.266 e. The van der Waals surface area contributed by atoms with Gasteiger partial charge in [0.1, 0.15) is 4.32 Å². The summed E-state index contributed by atoms with van der Waals surface area (Å²) in [6, 6.07) is 17.2. The summed E-state index contributed by atoms with van der Waals surface area (Å²) in [6.45, 7) is 0.254. The van der Waals surface area contributed by atoms with Crippen molar-refractivity contribution in [1.82, 2.24) is 4.90 Å². The number of thiocarbonyl (C=S) groups is 1. The Hall–Kier alpha value is -2.22. The second-order valence-corrected chi connectivity index (χ2v) is 8.53. The van der Waals surface area contributed by atoms with Crippen molar-refractivity contribution in [2.75, 3.05) is 11.9 Å². The Kier molecular flexibility index (Phi) is 7.19. The molecule has 4 nitrogen and oxygen atoms in total. The number of carbonyl (C=O) groups excluding carboxylic acids is 2. The Bertz CT molecular complexity index is 958. The molecule has 0 bridgehead atoms. The lowest BCUT2D eigenvalue weighted by Crippen LogP contribution is -2.31. The Morgan fingerprint density at radius 1 is 1.18 bits per heavy atom. The third-order valence-corrected chi connectivity index (χ3v) is 5.77. The molecule has 0 radical (unpaired) electrons. The van der Waals surface area contributed by atoms with Gasteiger partial charge in [-0.1, -0.05) is 88.5 Å². The molecule has 3 rings (SSSR count). The molecule has 0 unspecified atom stereocenters. The normalized spacial score (nSPS) is 15.6. The van der Waals surface area contributed by atoms with Gasteiger partial charge in [0.25, 0.3) is 5.91 Å². The van der Waals surface area contributed by atoms with Crippen LogP contribution in [-0.2, 0) is 9.59 Å². The van der Waals surface area contributed by atoms with Gasteiger partial charge in [-0.3, -0.25) is 14.5 Å². The van der Waals surface area contributed by atoms with Crippen LogP contribution in [0.5, 0.6) is 0 Å². The summed E-state index contributed by atoms with van der Waals surface area (Å²) in [5.41, 5.74) is 1.76. The average molecular weight is 473 g/mol. The fraction of sp³-hybridized carbons (Fsp3) is 0.0952. The van der Waals surface area contributed by atoms with Crippen LogP contribution in [0.25, 0.3) is 6.08 Å². The zero-order chi connectivity index (χ0) is 19.9. The van der Waals surface area contributed by atoms with E-state index in [0.29, 0.717) is 14.9 Å². The molecule has 2 aromatic carbocycles. The number of rotatable bonds is 6. The Labute approximate surface area is 181 Å². The highest BCUT2D eigenvalue weighted by molar-refractivity contribution is 9.10. The van der Waals surface area contributed by atoms with Gasteiger partial charge >= 0.3 is 0 Å². The molecular formula is C21H17BrN2O2S2. The van der Waals surface area contributed by atoms with Crippen LogP contribution >= 0.6 is 39.9 Å². The fourth-order valence-corrected chi connectivity index (χ4v) is 4.18. The first-order chi connectivity index (χ1) is 13.5. The zero-order valence-electron chi connectivity index (χ0n) is 14.8. The van der Waals surface area contributed by atoms with Crippen LogP contribution in [0.1, 0.15) is 12.0 Å². The molecule has 142 valence electrons. The van der Waals surface area contributed by atoms with E-state index in [1.807, 2.05) is 66.7 Å². The molecule has 1 heterocycles. The number of nitrogens with one attached hydrogen (secondary N) is 1. The first-order valence-corrected chi connectivity index (χ1v) is 10.6. The standard InChI is InChI=1S/C21H17BrN2O2S2/c22-16-9-5-10-17(14-16)23-19(25)12-13-24-20(26)18(28-21(24)27)11-4-8-15-6-2-1-3-7-15/h1-11,14H,12-13H2,(H,23,25). The minimum absolute atomic E-state index is 0.164. The monoisotopic (exact) mass is 472 g/mol. The Balaban J connectivity index is 1.55. The van der Waals surface area contributed by atoms with E-state index < -0.39 is 0 Å². The molecule has 1 N–H and O–H groups in total. The van der Waals surface area contributed by atoms with Crippen LogP contribution in [0.15, 0.2) is 76.1 Å². The third kappa shape index (κ3) is 5.64. The van der Waals surface area contributed by atoms with Crippen molar-refractivity contribution < 1.29 is 9.59 Å². The summed E-state index contributed by atoms with van der Waals surface area (Å²) in [6.07, 6.45) is 5.69. The highest BCUT2D eigenvalue weighted by Gasteiger charge is 2.31. The summed E-state index contributed by atoms with van der Waals surface area (Å²) < 4.78 is 1.36. The number of nitrogens with zero attached hydrogens (tertiary/aromatic N) is 1. The number of benzene rings is 2. The van der Waals surface area contributed by atoms with Gasteiger partial charge in [-0.05, 0) is 29.8 Å². The minimum Gasteiger partial charge on any atom is -0.326 e. The quantitative estimate of drug-likeness (QED) is 0.461. The van der Waals surface area contributed by atoms with E-state index in [9.17, 15) is 9.59 Å². The van der Waals surface area contributed by atoms with E-state index in [4.69, 9.17) is 12.2 Å². The molecule has 1 saturated heterocycles. The molecule has 0 aromatic heterocycles. The van der Waals surface area contributed by atoms with Gasteiger partial charge < -0.3 is 5.32 Å². The predicted molar refractivity (Wildman–Crippen MR) is 123 cm³/mol. The van der Waals surface area contributed by atoms with Gasteiger partial charge in [0.05, 0.1) is 4.91 Å². The van der Waals surface area contributed by atoms with Crippen molar-refractivity contribution in [2.24, 2.45) is 0 Å². The van der Waals surface area contributed by atoms with E-state index in [2.05, 4.69) is 21.2 Å². The second-order valence-electron chi connectivity index (χ2n) is 5.93. The van der Waals surface area contributed by atoms with Crippen molar-refractivity contribution in [3.63, 3.8) is 0 Å². The fourth-order valence-electron chi connectivity index (χ4n) is 2.52. The van der Waals surface area contributed by atoms with E-state index >= 15 is 0 Å². The summed E-state index contributed by atoms with van der Waals surface area (Å²) >= 11 is 9.92. The van der Waals surface area contributed by atoms with Crippen molar-refractivity contribution in [3.8, 4) is 0 Å². The van der Waals surface area contributed by atoms with E-state index in [1.54, 1.807) is 6.08 Å². The van der Waals surface area contributed by atoms with Gasteiger partial charge in [-0.25, -0.2) is 0 Å². The predicted octanol–water partition coefficient (Wildman–Crippen LogP) is 5.24. The maximum atomic E-state index is 12.6. The van der Waals surface area contributed by atoms with Crippen LogP contribution in [0, 0.1) is 0 Å². The van der Waals surface area contributed by atoms with Crippen LogP contribution in [0.3, 0.4) is 0 Å². The molecule has 28 heavy (non-hydrogen) atoms. The Morgan fingerprint density at radius 2 is 1.96 bits per heavy atom. The van der Waals surface area contributed by atoms with Crippen LogP contribution < -0.4 is 5.32 Å². The summed E-state index contributed by atoms with van der Waals surface area (Å²) in [4.78, 5) is 26.7. The molecule has 1 fully saturated rings. The molecule has 1 aliphatic rings. The van der Waals surface area contributed by atoms with Crippen LogP contribution in [-0.4, -0.2) is 27.6 Å². The van der Waals surface area contributed by atoms with Crippen molar-refractivity contribution in [3.05, 3.63) is 81.7 Å². The van der Waals surface area contributed by atoms with Crippen LogP contribution in [0.2, 0.25) is 0 Å². The average Bonchev–Trinajstić information content (AvgIpc) is 2.94. The molecule has 0 atom stereocenters. The SMILES string of the molecule is O=C(CCN1C(=O)C(=CC=Cc2ccccc2)SC1=S)Nc1cccc(Br)c1. The van der Waals surface area contributed by atoms with Gasteiger partial charge in [-0.2, -0.15) is 0 Å². The molecule has 0 spiro atoms. The molecule has 1 aliphatic heterocycles. The van der Waals surface area contributed by atoms with Crippen molar-refractivity contribution in [1.29, 1.82) is 0 Å². The van der Waals surface area contributed by atoms with Gasteiger partial charge in [0.2, 0.25) is 5.91 Å². The highest BCUT2D eigenvalue weighted by atomic mass is 79.9. The third-order valence-electron chi connectivity index (χ3n) is 3.88. The first-order valence-electron chi connectivity index (χ1n) is 8.55. The van der Waals surface area contributed by atoms with Crippen LogP contribution in [0.4, 0.5) is 5.69 Å². The van der Waals surface area contributed by atoms with E-state index in [-0.39, 0.29) is 24.8 Å². The van der Waals surface area contributed by atoms with Gasteiger partial charge in [0, 0.05) is 23.1 Å². The number of allylic oxidation sites excluding steroid dienone is 2. The van der Waals surface area contributed by atoms with Crippen molar-refractivity contribution in [2.45, 2.75) is 6.42 Å². The number of anilines is 1. The number of carbonyl (C=O) groups is 2. The summed E-state index contributed by atoms with van der Waals surface area (Å²) in [5.74, 6) is -0.330. The molecule has 7 heteroatoms. The molecule has 0 saturated carbocycles. The van der Waals surface area contributed by atoms with Crippen molar-refractivity contribution >= 4 is 67.8 Å². The maximum absolute atomic E-state index is 12.6. The molecule has 0 aliphatic carbocycles. The lowest BCUT2D eigenvalue weighted by atomic mass is 10.2. The largest absolute Gasteiger partial charge is 0.326 e. The topological polar surface area (TPSA) is 49.4 Å². The highest BCUT2D eigenvalue weighted by Crippen LogP contribution is 2.31. The van der Waals surface area contributed by atoms with E-state index in [1.165, 1.54) is 16.7 Å². The second kappa shape index (κ2) is 9.82. The first kappa shape index (κ1) is 20.5. The number of thioether (sulfide) groups is 1. The van der Waals surface area contributed by atoms with Gasteiger partial charge in [0.15, 0.2) is 0 Å². The number of amides is 2. The summed E-state index contributed by atoms with van der Waals surface area (Å²) in [5, 5.41) is 2.82. The molecule has 2 aromatic rings. The lowest BCUT2D eigenvalue weighted by Gasteiger charge is -2.14. The lowest BCUT2D eigenvalue weighted by molar-refractivity contribution is -0.122.